The van der Waals surface area contributed by atoms with Crippen molar-refractivity contribution in [2.45, 2.75) is 37.6 Å². The minimum Gasteiger partial charge on any atom is -0.388 e. The fourth-order valence-electron chi connectivity index (χ4n) is 1.50. The molecule has 0 bridgehead atoms. The summed E-state index contributed by atoms with van der Waals surface area (Å²) in [6, 6.07) is -1.21. The third-order valence-electron chi connectivity index (χ3n) is 2.27. The van der Waals surface area contributed by atoms with E-state index in [2.05, 4.69) is 5.32 Å². The van der Waals surface area contributed by atoms with Crippen molar-refractivity contribution in [3.63, 3.8) is 0 Å². The summed E-state index contributed by atoms with van der Waals surface area (Å²) in [6.45, 7) is 1.17. The van der Waals surface area contributed by atoms with Crippen molar-refractivity contribution in [2.75, 3.05) is 0 Å². The molecule has 1 saturated heterocycles. The van der Waals surface area contributed by atoms with E-state index in [1.807, 2.05) is 0 Å². The number of primary amides is 1. The van der Waals surface area contributed by atoms with Gasteiger partial charge in [0.25, 0.3) is 0 Å². The third kappa shape index (κ3) is 2.47. The van der Waals surface area contributed by atoms with Gasteiger partial charge in [-0.05, 0) is 0 Å². The van der Waals surface area contributed by atoms with Gasteiger partial charge in [0.15, 0.2) is 12.4 Å². The molecule has 0 aromatic heterocycles. The number of nitrogens with two attached hydrogens (primary N) is 1. The van der Waals surface area contributed by atoms with E-state index >= 15 is 0 Å². The molecule has 5 atom stereocenters. The zero-order valence-electron chi connectivity index (χ0n) is 8.53. The molecular weight excluding hydrogens is 220 g/mol. The predicted molar refractivity (Wildman–Crippen MR) is 49.7 cm³/mol. The van der Waals surface area contributed by atoms with Crippen molar-refractivity contribution in [1.82, 2.24) is 5.32 Å². The van der Waals surface area contributed by atoms with Gasteiger partial charge in [0.2, 0.25) is 11.8 Å². The van der Waals surface area contributed by atoms with Gasteiger partial charge in [0.05, 0.1) is 0 Å². The monoisotopic (exact) mass is 234 g/mol. The maximum Gasteiger partial charge on any atom is 0.249 e. The number of aliphatic hydroxyl groups is 3. The Hall–Kier alpha value is -1.22. The van der Waals surface area contributed by atoms with Crippen LogP contribution in [0.25, 0.3) is 0 Å². The van der Waals surface area contributed by atoms with E-state index < -0.39 is 42.5 Å². The molecule has 8 nitrogen and oxygen atoms in total. The quantitative estimate of drug-likeness (QED) is 0.334. The maximum absolute atomic E-state index is 10.8. The van der Waals surface area contributed by atoms with Gasteiger partial charge in [0, 0.05) is 6.92 Å². The topological polar surface area (TPSA) is 142 Å². The lowest BCUT2D eigenvalue weighted by Gasteiger charge is -2.39. The molecule has 92 valence electrons. The highest BCUT2D eigenvalue weighted by Crippen LogP contribution is 2.19. The van der Waals surface area contributed by atoms with Gasteiger partial charge >= 0.3 is 0 Å². The number of carbonyl (C=O) groups is 2. The number of carbonyl (C=O) groups excluding carboxylic acids is 2. The summed E-state index contributed by atoms with van der Waals surface area (Å²) in [5.74, 6) is -1.52. The fraction of sp³-hybridized carbons (Fsp3) is 0.750. The lowest BCUT2D eigenvalue weighted by atomic mass is 9.96. The first-order chi connectivity index (χ1) is 7.34. The molecule has 6 N–H and O–H groups in total. The minimum absolute atomic E-state index is 0.517. The number of aliphatic hydroxyl groups excluding tert-OH is 3. The first kappa shape index (κ1) is 12.8. The number of nitrogens with one attached hydrogen (secondary N) is 1. The highest BCUT2D eigenvalue weighted by molar-refractivity contribution is 5.80. The van der Waals surface area contributed by atoms with Crippen molar-refractivity contribution < 1.29 is 29.6 Å². The molecule has 0 radical (unpaired) electrons. The third-order valence-corrected chi connectivity index (χ3v) is 2.27. The molecular formula is C8H14N2O6. The van der Waals surface area contributed by atoms with E-state index in [9.17, 15) is 24.9 Å². The zero-order chi connectivity index (χ0) is 12.5. The Kier molecular flexibility index (Phi) is 3.81. The van der Waals surface area contributed by atoms with Crippen LogP contribution in [0.15, 0.2) is 0 Å². The molecule has 0 saturated carbocycles. The SMILES string of the molecule is CC(=O)N[C@H]1C(O)O[C@H](C(N)=O)[C@@H](O)[C@@H]1O. The molecule has 1 unspecified atom stereocenters. The van der Waals surface area contributed by atoms with Gasteiger partial charge in [-0.1, -0.05) is 0 Å². The molecule has 1 aliphatic rings. The van der Waals surface area contributed by atoms with E-state index in [4.69, 9.17) is 10.5 Å². The van der Waals surface area contributed by atoms with Crippen LogP contribution in [-0.4, -0.2) is 57.8 Å². The lowest BCUT2D eigenvalue weighted by molar-refractivity contribution is -0.242. The molecule has 0 aliphatic carbocycles. The summed E-state index contributed by atoms with van der Waals surface area (Å²) in [5.41, 5.74) is 4.90. The Labute approximate surface area is 91.0 Å². The first-order valence-corrected chi connectivity index (χ1v) is 4.60. The highest BCUT2D eigenvalue weighted by atomic mass is 16.6. The Morgan fingerprint density at radius 3 is 2.25 bits per heavy atom. The smallest absolute Gasteiger partial charge is 0.249 e. The summed E-state index contributed by atoms with van der Waals surface area (Å²) in [4.78, 5) is 21.6. The average Bonchev–Trinajstić information content (AvgIpc) is 2.17. The Balaban J connectivity index is 2.79. The molecule has 0 aromatic carbocycles. The summed E-state index contributed by atoms with van der Waals surface area (Å²) >= 11 is 0. The van der Waals surface area contributed by atoms with Crippen LogP contribution >= 0.6 is 0 Å². The van der Waals surface area contributed by atoms with Crippen LogP contribution in [0.5, 0.6) is 0 Å². The molecule has 16 heavy (non-hydrogen) atoms. The lowest BCUT2D eigenvalue weighted by Crippen LogP contribution is -2.65. The number of hydrogen-bond acceptors (Lipinski definition) is 6. The molecule has 1 rings (SSSR count). The molecule has 0 spiro atoms. The van der Waals surface area contributed by atoms with Gasteiger partial charge in [-0.2, -0.15) is 0 Å². The molecule has 2 amide bonds. The fourth-order valence-corrected chi connectivity index (χ4v) is 1.50. The van der Waals surface area contributed by atoms with Gasteiger partial charge < -0.3 is 31.1 Å². The van der Waals surface area contributed by atoms with E-state index in [1.165, 1.54) is 6.92 Å². The van der Waals surface area contributed by atoms with Gasteiger partial charge in [-0.25, -0.2) is 0 Å². The highest BCUT2D eigenvalue weighted by Gasteiger charge is 2.46. The normalized spacial score (nSPS) is 39.1. The Morgan fingerprint density at radius 2 is 1.81 bits per heavy atom. The molecule has 1 heterocycles. The van der Waals surface area contributed by atoms with Crippen LogP contribution in [0.4, 0.5) is 0 Å². The largest absolute Gasteiger partial charge is 0.388 e. The van der Waals surface area contributed by atoms with E-state index in [-0.39, 0.29) is 0 Å². The summed E-state index contributed by atoms with van der Waals surface area (Å²) < 4.78 is 4.70. The van der Waals surface area contributed by atoms with Crippen molar-refractivity contribution >= 4 is 11.8 Å². The van der Waals surface area contributed by atoms with Crippen LogP contribution in [0.3, 0.4) is 0 Å². The standard InChI is InChI=1S/C8H14N2O6/c1-2(11)10-3-4(12)5(13)6(7(9)14)16-8(3)15/h3-6,8,12-13,15H,1H3,(H2,9,14)(H,10,11)/t3-,4-,5+,6+,8?/m1/s1. The number of ether oxygens (including phenoxy) is 1. The summed E-state index contributed by atoms with van der Waals surface area (Å²) in [5, 5.41) is 30.6. The van der Waals surface area contributed by atoms with Crippen LogP contribution < -0.4 is 11.1 Å². The second-order valence-corrected chi connectivity index (χ2v) is 3.56. The molecule has 1 fully saturated rings. The van der Waals surface area contributed by atoms with Gasteiger partial charge in [-0.15, -0.1) is 0 Å². The van der Waals surface area contributed by atoms with Crippen molar-refractivity contribution in [3.8, 4) is 0 Å². The van der Waals surface area contributed by atoms with E-state index in [1.54, 1.807) is 0 Å². The second kappa shape index (κ2) is 4.74. The second-order valence-electron chi connectivity index (χ2n) is 3.56. The van der Waals surface area contributed by atoms with Crippen molar-refractivity contribution in [1.29, 1.82) is 0 Å². The minimum atomic E-state index is -1.61. The summed E-state index contributed by atoms with van der Waals surface area (Å²) in [6.07, 6.45) is -6.25. The van der Waals surface area contributed by atoms with Crippen LogP contribution in [0, 0.1) is 0 Å². The van der Waals surface area contributed by atoms with E-state index in [0.29, 0.717) is 0 Å². The molecule has 1 aliphatic heterocycles. The zero-order valence-corrected chi connectivity index (χ0v) is 8.53. The maximum atomic E-state index is 10.8. The Morgan fingerprint density at radius 1 is 1.25 bits per heavy atom. The van der Waals surface area contributed by atoms with Crippen molar-refractivity contribution in [3.05, 3.63) is 0 Å². The average molecular weight is 234 g/mol. The number of hydrogen-bond donors (Lipinski definition) is 5. The summed E-state index contributed by atoms with van der Waals surface area (Å²) in [7, 11) is 0. The van der Waals surface area contributed by atoms with Crippen LogP contribution in [-0.2, 0) is 14.3 Å². The first-order valence-electron chi connectivity index (χ1n) is 4.60. The number of amides is 2. The van der Waals surface area contributed by atoms with Gasteiger partial charge in [0.1, 0.15) is 18.2 Å². The van der Waals surface area contributed by atoms with Crippen LogP contribution in [0.1, 0.15) is 6.92 Å². The molecule has 8 heteroatoms. The Bertz CT molecular complexity index is 296. The van der Waals surface area contributed by atoms with Crippen LogP contribution in [0.2, 0.25) is 0 Å². The molecule has 0 aromatic rings. The van der Waals surface area contributed by atoms with Gasteiger partial charge in [-0.3, -0.25) is 9.59 Å². The predicted octanol–water partition coefficient (Wildman–Crippen LogP) is -3.58. The van der Waals surface area contributed by atoms with E-state index in [0.717, 1.165) is 0 Å². The van der Waals surface area contributed by atoms with Crippen molar-refractivity contribution in [2.24, 2.45) is 5.73 Å². The number of rotatable bonds is 2.